The number of hydrogen-bond donors (Lipinski definition) is 2. The monoisotopic (exact) mass is 297 g/mol. The number of hydrogen-bond acceptors (Lipinski definition) is 4. The van der Waals surface area contributed by atoms with Gasteiger partial charge in [0.15, 0.2) is 0 Å². The summed E-state index contributed by atoms with van der Waals surface area (Å²) in [4.78, 5) is 11.8. The molecule has 0 aliphatic rings. The van der Waals surface area contributed by atoms with Gasteiger partial charge in [0.2, 0.25) is 0 Å². The number of benzene rings is 1. The zero-order chi connectivity index (χ0) is 14.5. The predicted octanol–water partition coefficient (Wildman–Crippen LogP) is 1.64. The second-order valence-electron chi connectivity index (χ2n) is 4.07. The lowest BCUT2D eigenvalue weighted by atomic mass is 10.2. The molecule has 0 spiro atoms. The summed E-state index contributed by atoms with van der Waals surface area (Å²) in [6, 6.07) is 6.31. The van der Waals surface area contributed by atoms with Crippen molar-refractivity contribution < 1.29 is 9.50 Å². The summed E-state index contributed by atoms with van der Waals surface area (Å²) >= 11 is 5.93. The van der Waals surface area contributed by atoms with Crippen molar-refractivity contribution in [3.05, 3.63) is 57.2 Å². The molecule has 5 nitrogen and oxygen atoms in total. The fraction of sp³-hybridized carbons (Fsp3) is 0.231. The van der Waals surface area contributed by atoms with E-state index < -0.39 is 5.56 Å². The Morgan fingerprint density at radius 3 is 2.85 bits per heavy atom. The van der Waals surface area contributed by atoms with Crippen LogP contribution in [-0.4, -0.2) is 21.5 Å². The van der Waals surface area contributed by atoms with Crippen molar-refractivity contribution in [2.75, 3.05) is 11.9 Å². The summed E-state index contributed by atoms with van der Waals surface area (Å²) in [5.41, 5.74) is 0.288. The summed E-state index contributed by atoms with van der Waals surface area (Å²) < 4.78 is 14.5. The van der Waals surface area contributed by atoms with E-state index in [-0.39, 0.29) is 30.5 Å². The molecule has 0 unspecified atom stereocenters. The smallest absolute Gasteiger partial charge is 0.287 e. The van der Waals surface area contributed by atoms with Crippen molar-refractivity contribution in [3.63, 3.8) is 0 Å². The standard InChI is InChI=1S/C13H13ClFN3O2/c14-12-11(8-17-18(5-6-19)13(12)20)16-7-9-3-1-2-4-10(9)15/h1-4,8,16,19H,5-7H2. The molecular weight excluding hydrogens is 285 g/mol. The molecule has 2 N–H and O–H groups in total. The van der Waals surface area contributed by atoms with Crippen molar-refractivity contribution in [1.82, 2.24) is 9.78 Å². The number of anilines is 1. The van der Waals surface area contributed by atoms with Crippen molar-refractivity contribution in [1.29, 1.82) is 0 Å². The number of aliphatic hydroxyl groups excluding tert-OH is 1. The molecule has 1 heterocycles. The molecule has 7 heteroatoms. The highest BCUT2D eigenvalue weighted by molar-refractivity contribution is 6.32. The second-order valence-corrected chi connectivity index (χ2v) is 4.45. The lowest BCUT2D eigenvalue weighted by Gasteiger charge is -2.10. The third-order valence-corrected chi connectivity index (χ3v) is 3.09. The van der Waals surface area contributed by atoms with Crippen LogP contribution >= 0.6 is 11.6 Å². The molecule has 2 rings (SSSR count). The van der Waals surface area contributed by atoms with Crippen LogP contribution in [0.1, 0.15) is 5.56 Å². The summed E-state index contributed by atoms with van der Waals surface area (Å²) in [5, 5.41) is 15.5. The van der Waals surface area contributed by atoms with Gasteiger partial charge in [-0.3, -0.25) is 4.79 Å². The minimum Gasteiger partial charge on any atom is -0.394 e. The van der Waals surface area contributed by atoms with Crippen molar-refractivity contribution in [3.8, 4) is 0 Å². The first kappa shape index (κ1) is 14.5. The molecule has 0 saturated heterocycles. The van der Waals surface area contributed by atoms with Crippen LogP contribution in [0, 0.1) is 5.82 Å². The third kappa shape index (κ3) is 3.15. The van der Waals surface area contributed by atoms with E-state index in [9.17, 15) is 9.18 Å². The van der Waals surface area contributed by atoms with Crippen LogP contribution in [0.25, 0.3) is 0 Å². The van der Waals surface area contributed by atoms with E-state index >= 15 is 0 Å². The molecule has 0 aliphatic carbocycles. The van der Waals surface area contributed by atoms with Gasteiger partial charge in [-0.2, -0.15) is 5.10 Å². The molecular formula is C13H13ClFN3O2. The van der Waals surface area contributed by atoms with Crippen molar-refractivity contribution in [2.45, 2.75) is 13.1 Å². The quantitative estimate of drug-likeness (QED) is 0.880. The van der Waals surface area contributed by atoms with Gasteiger partial charge in [-0.25, -0.2) is 9.07 Å². The van der Waals surface area contributed by atoms with E-state index in [1.165, 1.54) is 12.3 Å². The second kappa shape index (κ2) is 6.49. The molecule has 0 saturated carbocycles. The highest BCUT2D eigenvalue weighted by Gasteiger charge is 2.09. The lowest BCUT2D eigenvalue weighted by molar-refractivity contribution is 0.266. The van der Waals surface area contributed by atoms with Gasteiger partial charge < -0.3 is 10.4 Å². The Bertz CT molecular complexity index is 660. The Hall–Kier alpha value is -1.92. The minimum absolute atomic E-state index is 0.0372. The fourth-order valence-electron chi connectivity index (χ4n) is 1.67. The van der Waals surface area contributed by atoms with Gasteiger partial charge in [0.1, 0.15) is 10.8 Å². The van der Waals surface area contributed by atoms with E-state index in [1.807, 2.05) is 0 Å². The zero-order valence-electron chi connectivity index (χ0n) is 10.5. The van der Waals surface area contributed by atoms with Gasteiger partial charge >= 0.3 is 0 Å². The number of aromatic nitrogens is 2. The lowest BCUT2D eigenvalue weighted by Crippen LogP contribution is -2.25. The Morgan fingerprint density at radius 1 is 1.40 bits per heavy atom. The first-order valence-electron chi connectivity index (χ1n) is 5.97. The van der Waals surface area contributed by atoms with Gasteiger partial charge in [-0.05, 0) is 6.07 Å². The topological polar surface area (TPSA) is 67.2 Å². The van der Waals surface area contributed by atoms with Gasteiger partial charge in [0.25, 0.3) is 5.56 Å². The Balaban J connectivity index is 2.17. The molecule has 106 valence electrons. The number of halogens is 2. The van der Waals surface area contributed by atoms with Gasteiger partial charge in [-0.1, -0.05) is 29.8 Å². The summed E-state index contributed by atoms with van der Waals surface area (Å²) in [7, 11) is 0. The van der Waals surface area contributed by atoms with Crippen LogP contribution in [0.5, 0.6) is 0 Å². The van der Waals surface area contributed by atoms with Crippen molar-refractivity contribution >= 4 is 17.3 Å². The molecule has 0 amide bonds. The minimum atomic E-state index is -0.501. The van der Waals surface area contributed by atoms with Crippen LogP contribution in [-0.2, 0) is 13.1 Å². The maximum absolute atomic E-state index is 13.5. The average Bonchev–Trinajstić information content (AvgIpc) is 2.45. The maximum Gasteiger partial charge on any atom is 0.287 e. The molecule has 2 aromatic rings. The number of rotatable bonds is 5. The molecule has 0 fully saturated rings. The first-order chi connectivity index (χ1) is 9.63. The largest absolute Gasteiger partial charge is 0.394 e. The molecule has 0 bridgehead atoms. The average molecular weight is 298 g/mol. The normalized spacial score (nSPS) is 10.6. The number of nitrogens with zero attached hydrogens (tertiary/aromatic N) is 2. The zero-order valence-corrected chi connectivity index (χ0v) is 11.3. The van der Waals surface area contributed by atoms with E-state index in [1.54, 1.807) is 18.2 Å². The van der Waals surface area contributed by atoms with Crippen LogP contribution in [0.2, 0.25) is 5.02 Å². The third-order valence-electron chi connectivity index (χ3n) is 2.72. The fourth-order valence-corrected chi connectivity index (χ4v) is 1.89. The molecule has 0 atom stereocenters. The summed E-state index contributed by atoms with van der Waals surface area (Å²) in [6.07, 6.45) is 1.38. The SMILES string of the molecule is O=c1c(Cl)c(NCc2ccccc2F)cnn1CCO. The van der Waals surface area contributed by atoms with E-state index in [0.29, 0.717) is 11.3 Å². The molecule has 0 radical (unpaired) electrons. The van der Waals surface area contributed by atoms with E-state index in [4.69, 9.17) is 16.7 Å². The van der Waals surface area contributed by atoms with E-state index in [0.717, 1.165) is 4.68 Å². The van der Waals surface area contributed by atoms with E-state index in [2.05, 4.69) is 10.4 Å². The highest BCUT2D eigenvalue weighted by atomic mass is 35.5. The summed E-state index contributed by atoms with van der Waals surface area (Å²) in [5.74, 6) is -0.335. The molecule has 0 aliphatic heterocycles. The number of nitrogens with one attached hydrogen (secondary N) is 1. The Kier molecular flexibility index (Phi) is 4.70. The van der Waals surface area contributed by atoms with Gasteiger partial charge in [0, 0.05) is 12.1 Å². The summed E-state index contributed by atoms with van der Waals surface area (Å²) in [6.45, 7) is 0.0644. The van der Waals surface area contributed by atoms with Gasteiger partial charge in [0.05, 0.1) is 25.0 Å². The Labute approximate surface area is 119 Å². The molecule has 1 aromatic carbocycles. The van der Waals surface area contributed by atoms with Gasteiger partial charge in [-0.15, -0.1) is 0 Å². The van der Waals surface area contributed by atoms with Crippen LogP contribution in [0.4, 0.5) is 10.1 Å². The highest BCUT2D eigenvalue weighted by Crippen LogP contribution is 2.17. The number of aliphatic hydroxyl groups is 1. The molecule has 20 heavy (non-hydrogen) atoms. The van der Waals surface area contributed by atoms with Crippen LogP contribution < -0.4 is 10.9 Å². The maximum atomic E-state index is 13.5. The Morgan fingerprint density at radius 2 is 2.15 bits per heavy atom. The molecule has 1 aromatic heterocycles. The van der Waals surface area contributed by atoms with Crippen LogP contribution in [0.15, 0.2) is 35.3 Å². The first-order valence-corrected chi connectivity index (χ1v) is 6.35. The van der Waals surface area contributed by atoms with Crippen LogP contribution in [0.3, 0.4) is 0 Å². The predicted molar refractivity (Wildman–Crippen MR) is 74.3 cm³/mol. The van der Waals surface area contributed by atoms with Crippen molar-refractivity contribution in [2.24, 2.45) is 0 Å².